The lowest BCUT2D eigenvalue weighted by atomic mass is 10.1. The molecular weight excluding hydrogens is 266 g/mol. The van der Waals surface area contributed by atoms with Gasteiger partial charge in [-0.25, -0.2) is 4.98 Å². The number of aromatic nitrogens is 1. The molecule has 18 heavy (non-hydrogen) atoms. The number of nitrogens with one attached hydrogen (secondary N) is 1. The fourth-order valence-electron chi connectivity index (χ4n) is 1.64. The second-order valence-corrected chi connectivity index (χ2v) is 5.21. The minimum Gasteiger partial charge on any atom is -0.361 e. The standard InChI is InChI=1S/C13H12ClN3S/c1-9-4-2-3-5-10(9)6-7-16-13-17-12(14)11(8-15)18-13/h2-5H,6-7H2,1H3,(H,16,17). The van der Waals surface area contributed by atoms with E-state index in [1.807, 2.05) is 18.2 Å². The molecule has 3 nitrogen and oxygen atoms in total. The molecule has 5 heteroatoms. The van der Waals surface area contributed by atoms with Crippen LogP contribution >= 0.6 is 22.9 Å². The number of hydrogen-bond donors (Lipinski definition) is 1. The van der Waals surface area contributed by atoms with Crippen LogP contribution < -0.4 is 5.32 Å². The number of nitrogens with zero attached hydrogens (tertiary/aromatic N) is 2. The zero-order chi connectivity index (χ0) is 13.0. The van der Waals surface area contributed by atoms with Crippen LogP contribution in [0.3, 0.4) is 0 Å². The zero-order valence-corrected chi connectivity index (χ0v) is 11.5. The highest BCUT2D eigenvalue weighted by Gasteiger charge is 2.07. The van der Waals surface area contributed by atoms with Crippen molar-refractivity contribution in [3.8, 4) is 6.07 Å². The average molecular weight is 278 g/mol. The van der Waals surface area contributed by atoms with E-state index in [4.69, 9.17) is 16.9 Å². The molecule has 0 aliphatic heterocycles. The number of halogens is 1. The Morgan fingerprint density at radius 1 is 1.44 bits per heavy atom. The van der Waals surface area contributed by atoms with E-state index in [0.29, 0.717) is 10.0 Å². The van der Waals surface area contributed by atoms with Crippen molar-refractivity contribution >= 4 is 28.1 Å². The van der Waals surface area contributed by atoms with Crippen LogP contribution in [0.4, 0.5) is 5.13 Å². The van der Waals surface area contributed by atoms with Gasteiger partial charge < -0.3 is 5.32 Å². The van der Waals surface area contributed by atoms with Gasteiger partial charge in [0.15, 0.2) is 10.3 Å². The smallest absolute Gasteiger partial charge is 0.185 e. The van der Waals surface area contributed by atoms with Crippen molar-refractivity contribution in [3.05, 3.63) is 45.4 Å². The van der Waals surface area contributed by atoms with Crippen LogP contribution in [-0.2, 0) is 6.42 Å². The van der Waals surface area contributed by atoms with Crippen molar-refractivity contribution in [3.63, 3.8) is 0 Å². The maximum atomic E-state index is 8.78. The fourth-order valence-corrected chi connectivity index (χ4v) is 2.61. The minimum atomic E-state index is 0.279. The van der Waals surface area contributed by atoms with Crippen LogP contribution in [0.15, 0.2) is 24.3 Å². The van der Waals surface area contributed by atoms with E-state index in [1.165, 1.54) is 22.5 Å². The molecule has 0 atom stereocenters. The Balaban J connectivity index is 1.93. The molecule has 92 valence electrons. The Hall–Kier alpha value is -1.57. The lowest BCUT2D eigenvalue weighted by Crippen LogP contribution is -2.05. The van der Waals surface area contributed by atoms with E-state index in [2.05, 4.69) is 29.4 Å². The zero-order valence-electron chi connectivity index (χ0n) is 9.90. The van der Waals surface area contributed by atoms with Gasteiger partial charge in [-0.2, -0.15) is 5.26 Å². The van der Waals surface area contributed by atoms with E-state index in [0.717, 1.165) is 13.0 Å². The van der Waals surface area contributed by atoms with Crippen molar-refractivity contribution < 1.29 is 0 Å². The third kappa shape index (κ3) is 3.00. The second kappa shape index (κ2) is 5.85. The molecule has 1 N–H and O–H groups in total. The number of benzene rings is 1. The van der Waals surface area contributed by atoms with Gasteiger partial charge in [0.1, 0.15) is 10.9 Å². The van der Waals surface area contributed by atoms with Gasteiger partial charge in [0.2, 0.25) is 0 Å². The summed E-state index contributed by atoms with van der Waals surface area (Å²) in [6.07, 6.45) is 0.922. The summed E-state index contributed by atoms with van der Waals surface area (Å²) < 4.78 is 0. The van der Waals surface area contributed by atoms with E-state index in [1.54, 1.807) is 0 Å². The van der Waals surface area contributed by atoms with Crippen molar-refractivity contribution in [1.29, 1.82) is 5.26 Å². The van der Waals surface area contributed by atoms with Crippen molar-refractivity contribution in [2.75, 3.05) is 11.9 Å². The Bertz CT molecular complexity index is 586. The van der Waals surface area contributed by atoms with Gasteiger partial charge >= 0.3 is 0 Å². The molecule has 1 aromatic heterocycles. The highest BCUT2D eigenvalue weighted by Crippen LogP contribution is 2.25. The van der Waals surface area contributed by atoms with E-state index >= 15 is 0 Å². The van der Waals surface area contributed by atoms with E-state index < -0.39 is 0 Å². The molecule has 0 amide bonds. The normalized spacial score (nSPS) is 10.1. The molecule has 2 rings (SSSR count). The first-order chi connectivity index (χ1) is 8.70. The first kappa shape index (κ1) is 12.9. The van der Waals surface area contributed by atoms with Gasteiger partial charge in [0.25, 0.3) is 0 Å². The number of nitriles is 1. The topological polar surface area (TPSA) is 48.7 Å². The van der Waals surface area contributed by atoms with Crippen LogP contribution in [-0.4, -0.2) is 11.5 Å². The maximum absolute atomic E-state index is 8.78. The Morgan fingerprint density at radius 2 is 2.22 bits per heavy atom. The maximum Gasteiger partial charge on any atom is 0.185 e. The highest BCUT2D eigenvalue weighted by atomic mass is 35.5. The Labute approximate surface area is 115 Å². The molecule has 0 saturated carbocycles. The summed E-state index contributed by atoms with van der Waals surface area (Å²) in [7, 11) is 0. The van der Waals surface area contributed by atoms with Crippen molar-refractivity contribution in [2.24, 2.45) is 0 Å². The Kier molecular flexibility index (Phi) is 4.19. The molecule has 0 radical (unpaired) electrons. The third-order valence-corrected chi connectivity index (χ3v) is 3.92. The summed E-state index contributed by atoms with van der Waals surface area (Å²) in [6.45, 7) is 2.88. The fraction of sp³-hybridized carbons (Fsp3) is 0.231. The quantitative estimate of drug-likeness (QED) is 0.928. The van der Waals surface area contributed by atoms with Crippen LogP contribution in [0.5, 0.6) is 0 Å². The summed E-state index contributed by atoms with van der Waals surface area (Å²) >= 11 is 7.09. The van der Waals surface area contributed by atoms with Crippen LogP contribution in [0.2, 0.25) is 5.15 Å². The number of thiazole rings is 1. The van der Waals surface area contributed by atoms with E-state index in [9.17, 15) is 0 Å². The predicted octanol–water partition coefficient (Wildman–Crippen LogP) is 3.63. The second-order valence-electron chi connectivity index (χ2n) is 3.85. The lowest BCUT2D eigenvalue weighted by molar-refractivity contribution is 1.00. The van der Waals surface area contributed by atoms with Gasteiger partial charge in [0, 0.05) is 6.54 Å². The Morgan fingerprint density at radius 3 is 2.89 bits per heavy atom. The molecule has 1 heterocycles. The molecule has 0 saturated heterocycles. The average Bonchev–Trinajstić information content (AvgIpc) is 2.72. The molecule has 1 aromatic carbocycles. The van der Waals surface area contributed by atoms with Crippen molar-refractivity contribution in [1.82, 2.24) is 4.98 Å². The first-order valence-electron chi connectivity index (χ1n) is 5.55. The van der Waals surface area contributed by atoms with Crippen LogP contribution in [0, 0.1) is 18.3 Å². The summed E-state index contributed by atoms with van der Waals surface area (Å²) in [4.78, 5) is 4.54. The minimum absolute atomic E-state index is 0.279. The molecule has 0 unspecified atom stereocenters. The van der Waals surface area contributed by atoms with Gasteiger partial charge in [-0.1, -0.05) is 47.2 Å². The summed E-state index contributed by atoms with van der Waals surface area (Å²) in [5.41, 5.74) is 2.60. The summed E-state index contributed by atoms with van der Waals surface area (Å²) in [5, 5.41) is 12.9. The number of rotatable bonds is 4. The SMILES string of the molecule is Cc1ccccc1CCNc1nc(Cl)c(C#N)s1. The van der Waals surface area contributed by atoms with Crippen LogP contribution in [0.1, 0.15) is 16.0 Å². The summed E-state index contributed by atoms with van der Waals surface area (Å²) in [6, 6.07) is 10.3. The molecule has 0 aliphatic rings. The molecule has 2 aromatic rings. The molecule has 0 aliphatic carbocycles. The van der Waals surface area contributed by atoms with Gasteiger partial charge in [-0.15, -0.1) is 0 Å². The predicted molar refractivity (Wildman–Crippen MR) is 75.2 cm³/mol. The first-order valence-corrected chi connectivity index (χ1v) is 6.75. The lowest BCUT2D eigenvalue weighted by Gasteiger charge is -2.05. The van der Waals surface area contributed by atoms with Gasteiger partial charge in [-0.3, -0.25) is 0 Å². The molecule has 0 spiro atoms. The van der Waals surface area contributed by atoms with Crippen molar-refractivity contribution in [2.45, 2.75) is 13.3 Å². The molecule has 0 fully saturated rings. The van der Waals surface area contributed by atoms with Gasteiger partial charge in [0.05, 0.1) is 0 Å². The number of aryl methyl sites for hydroxylation is 1. The highest BCUT2D eigenvalue weighted by molar-refractivity contribution is 7.16. The van der Waals surface area contributed by atoms with E-state index in [-0.39, 0.29) is 5.15 Å². The van der Waals surface area contributed by atoms with Gasteiger partial charge in [-0.05, 0) is 24.5 Å². The van der Waals surface area contributed by atoms with Crippen LogP contribution in [0.25, 0.3) is 0 Å². The monoisotopic (exact) mass is 277 g/mol. The molecular formula is C13H12ClN3S. The third-order valence-electron chi connectivity index (χ3n) is 2.62. The number of anilines is 1. The summed E-state index contributed by atoms with van der Waals surface area (Å²) in [5.74, 6) is 0. The number of hydrogen-bond acceptors (Lipinski definition) is 4. The largest absolute Gasteiger partial charge is 0.361 e. The molecule has 0 bridgehead atoms.